The lowest BCUT2D eigenvalue weighted by Crippen LogP contribution is -2.34. The van der Waals surface area contributed by atoms with Crippen molar-refractivity contribution in [2.24, 2.45) is 0 Å². The maximum Gasteiger partial charge on any atom is 0.323 e. The summed E-state index contributed by atoms with van der Waals surface area (Å²) < 4.78 is 12.0. The number of hydrogen-bond donors (Lipinski definition) is 3. The summed E-state index contributed by atoms with van der Waals surface area (Å²) in [6.45, 7) is 4.75. The summed E-state index contributed by atoms with van der Waals surface area (Å²) >= 11 is 0. The molecule has 0 spiro atoms. The zero-order valence-corrected chi connectivity index (χ0v) is 24.3. The fourth-order valence-electron chi connectivity index (χ4n) is 4.32. The Kier molecular flexibility index (Phi) is 22.1. The van der Waals surface area contributed by atoms with Crippen molar-refractivity contribution in [3.63, 3.8) is 0 Å². The van der Waals surface area contributed by atoms with Crippen molar-refractivity contribution in [3.8, 4) is 11.5 Å². The number of aliphatic carboxylic acids is 2. The molecule has 1 rings (SSSR count). The third-order valence-electron chi connectivity index (χ3n) is 6.42. The molecule has 1 aromatic carbocycles. The fourth-order valence-corrected chi connectivity index (χ4v) is 4.32. The molecule has 0 atom stereocenters. The summed E-state index contributed by atoms with van der Waals surface area (Å²) in [5, 5.41) is 18.6. The molecule has 0 amide bonds. The van der Waals surface area contributed by atoms with E-state index in [4.69, 9.17) is 9.47 Å². The molecule has 0 saturated carbocycles. The van der Waals surface area contributed by atoms with Gasteiger partial charge in [0.1, 0.15) is 24.6 Å². The molecule has 220 valence electrons. The molecule has 0 saturated heterocycles. The fraction of sp³-hybridized carbons (Fsp3) is 0.733. The average Bonchev–Trinajstić information content (AvgIpc) is 2.85. The van der Waals surface area contributed by atoms with Crippen LogP contribution in [0.15, 0.2) is 18.2 Å². The molecule has 0 bridgehead atoms. The van der Waals surface area contributed by atoms with Crippen LogP contribution in [-0.2, 0) is 9.59 Å². The third kappa shape index (κ3) is 18.7. The van der Waals surface area contributed by atoms with E-state index in [0.717, 1.165) is 25.7 Å². The van der Waals surface area contributed by atoms with Gasteiger partial charge in [-0.15, -0.1) is 0 Å². The summed E-state index contributed by atoms with van der Waals surface area (Å²) in [5.74, 6) is -1.03. The minimum absolute atomic E-state index is 0. The van der Waals surface area contributed by atoms with Crippen molar-refractivity contribution in [1.82, 2.24) is 6.15 Å². The molecule has 0 heterocycles. The number of nitrogens with zero attached hydrogens (tertiary/aromatic N) is 1. The highest BCUT2D eigenvalue weighted by Gasteiger charge is 2.17. The number of ether oxygens (including phenoxy) is 2. The maximum absolute atomic E-state index is 11.3. The van der Waals surface area contributed by atoms with E-state index in [0.29, 0.717) is 30.4 Å². The van der Waals surface area contributed by atoms with Crippen molar-refractivity contribution in [1.29, 1.82) is 0 Å². The molecule has 0 aliphatic heterocycles. The van der Waals surface area contributed by atoms with Gasteiger partial charge in [0, 0.05) is 23.9 Å². The second kappa shape index (κ2) is 23.6. The number of quaternary nitrogens is 1. The molecule has 0 aliphatic carbocycles. The Hall–Kier alpha value is -2.48. The molecule has 6 N–H and O–H groups in total. The van der Waals surface area contributed by atoms with Crippen LogP contribution in [0, 0.1) is 0 Å². The van der Waals surface area contributed by atoms with Crippen LogP contribution >= 0.6 is 0 Å². The first kappa shape index (κ1) is 35.5. The normalized spacial score (nSPS) is 10.6. The largest absolute Gasteiger partial charge is 0.493 e. The van der Waals surface area contributed by atoms with E-state index in [1.807, 2.05) is 6.07 Å². The van der Waals surface area contributed by atoms with Crippen LogP contribution in [0.25, 0.3) is 0 Å². The minimum Gasteiger partial charge on any atom is -0.493 e. The van der Waals surface area contributed by atoms with Gasteiger partial charge >= 0.3 is 11.9 Å². The first-order chi connectivity index (χ1) is 18.0. The van der Waals surface area contributed by atoms with E-state index >= 15 is 0 Å². The van der Waals surface area contributed by atoms with E-state index in [1.165, 1.54) is 81.9 Å². The van der Waals surface area contributed by atoms with Crippen LogP contribution in [0.2, 0.25) is 0 Å². The quantitative estimate of drug-likeness (QED) is 0.107. The van der Waals surface area contributed by atoms with Crippen molar-refractivity contribution < 1.29 is 29.3 Å². The number of hydrogen-bond acceptors (Lipinski definition) is 5. The summed E-state index contributed by atoms with van der Waals surface area (Å²) in [4.78, 5) is 24.0. The number of benzene rings is 1. The second-order valence-electron chi connectivity index (χ2n) is 9.95. The van der Waals surface area contributed by atoms with Gasteiger partial charge in [0.25, 0.3) is 0 Å². The highest BCUT2D eigenvalue weighted by atomic mass is 16.5. The molecule has 0 aromatic heterocycles. The number of carboxylic acid groups (broad SMARTS) is 2. The Morgan fingerprint density at radius 1 is 0.605 bits per heavy atom. The zero-order valence-electron chi connectivity index (χ0n) is 24.3. The van der Waals surface area contributed by atoms with E-state index in [-0.39, 0.29) is 6.15 Å². The number of unbranched alkanes of at least 4 members (excludes halogenated alkanes) is 14. The van der Waals surface area contributed by atoms with Gasteiger partial charge in [0.15, 0.2) is 0 Å². The standard InChI is InChI=1S/C30H51NO6.H3N/c1-3-5-7-9-11-13-15-17-19-36-27-21-26(31(24-29(32)33)25-30(34)35)22-28(23-27)37-20-18-16-14-12-10-8-6-4-2;/h21-23H,3-20,24-25H2,1-2H3,(H,32,33)(H,34,35);1H3/p+1. The van der Waals surface area contributed by atoms with Crippen molar-refractivity contribution in [3.05, 3.63) is 18.2 Å². The molecule has 0 unspecified atom stereocenters. The van der Waals surface area contributed by atoms with Crippen LogP contribution in [0.5, 0.6) is 11.5 Å². The Labute approximate surface area is 230 Å². The Bertz CT molecular complexity index is 687. The number of carboxylic acids is 2. The van der Waals surface area contributed by atoms with E-state index in [1.54, 1.807) is 12.1 Å². The van der Waals surface area contributed by atoms with Gasteiger partial charge in [0.05, 0.1) is 13.2 Å². The van der Waals surface area contributed by atoms with Gasteiger partial charge in [-0.2, -0.15) is 0 Å². The van der Waals surface area contributed by atoms with Gasteiger partial charge in [-0.1, -0.05) is 104 Å². The number of rotatable bonds is 25. The molecule has 1 aromatic rings. The van der Waals surface area contributed by atoms with Crippen molar-refractivity contribution >= 4 is 17.6 Å². The lowest BCUT2D eigenvalue weighted by atomic mass is 10.1. The Morgan fingerprint density at radius 3 is 1.29 bits per heavy atom. The highest BCUT2D eigenvalue weighted by molar-refractivity contribution is 5.80. The summed E-state index contributed by atoms with van der Waals surface area (Å²) in [7, 11) is 0. The van der Waals surface area contributed by atoms with Crippen LogP contribution in [0.1, 0.15) is 117 Å². The first-order valence-corrected chi connectivity index (χ1v) is 14.6. The lowest BCUT2D eigenvalue weighted by molar-refractivity contribution is -0.136. The van der Waals surface area contributed by atoms with Crippen LogP contribution in [-0.4, -0.2) is 48.5 Å². The van der Waals surface area contributed by atoms with Crippen LogP contribution in [0.4, 0.5) is 5.69 Å². The average molecular weight is 540 g/mol. The van der Waals surface area contributed by atoms with Crippen molar-refractivity contribution in [2.75, 3.05) is 31.2 Å². The molecule has 8 nitrogen and oxygen atoms in total. The second-order valence-corrected chi connectivity index (χ2v) is 9.95. The van der Waals surface area contributed by atoms with Crippen LogP contribution in [0.3, 0.4) is 0 Å². The monoisotopic (exact) mass is 539 g/mol. The number of carbonyl (C=O) groups is 2. The maximum atomic E-state index is 11.3. The predicted octanol–water partition coefficient (Wildman–Crippen LogP) is 8.08. The summed E-state index contributed by atoms with van der Waals surface area (Å²) in [6.07, 6.45) is 19.4. The third-order valence-corrected chi connectivity index (χ3v) is 6.42. The summed E-state index contributed by atoms with van der Waals surface area (Å²) in [5.41, 5.74) is 0.476. The van der Waals surface area contributed by atoms with Gasteiger partial charge < -0.3 is 30.7 Å². The molecule has 8 heteroatoms. The predicted molar refractivity (Wildman–Crippen MR) is 156 cm³/mol. The number of anilines is 1. The van der Waals surface area contributed by atoms with Gasteiger partial charge in [0.2, 0.25) is 0 Å². The summed E-state index contributed by atoms with van der Waals surface area (Å²) in [6, 6.07) is 5.23. The highest BCUT2D eigenvalue weighted by Crippen LogP contribution is 2.29. The molecule has 38 heavy (non-hydrogen) atoms. The Balaban J connectivity index is 0.0000137. The first-order valence-electron chi connectivity index (χ1n) is 14.6. The van der Waals surface area contributed by atoms with Crippen LogP contribution < -0.4 is 20.5 Å². The topological polar surface area (TPSA) is 133 Å². The van der Waals surface area contributed by atoms with E-state index in [9.17, 15) is 19.8 Å². The lowest BCUT2D eigenvalue weighted by Gasteiger charge is -2.22. The molecule has 0 radical (unpaired) electrons. The van der Waals surface area contributed by atoms with Gasteiger partial charge in [-0.25, -0.2) is 0 Å². The SMILES string of the molecule is CCCCCCCCCCOc1cc(OCCCCCCCCCC)cc(N(CC(=O)O)CC(=O)O)c1.[NH4+]. The van der Waals surface area contributed by atoms with Gasteiger partial charge in [-0.3, -0.25) is 9.59 Å². The minimum atomic E-state index is -1.09. The van der Waals surface area contributed by atoms with E-state index < -0.39 is 25.0 Å². The molecular weight excluding hydrogens is 484 g/mol. The molecule has 0 aliphatic rings. The smallest absolute Gasteiger partial charge is 0.323 e. The molecular formula is C30H55N2O6+. The zero-order chi connectivity index (χ0) is 27.1. The van der Waals surface area contributed by atoms with Gasteiger partial charge in [-0.05, 0) is 12.8 Å². The molecule has 0 fully saturated rings. The Morgan fingerprint density at radius 2 is 0.947 bits per heavy atom. The van der Waals surface area contributed by atoms with Crippen molar-refractivity contribution in [2.45, 2.75) is 117 Å². The van der Waals surface area contributed by atoms with E-state index in [2.05, 4.69) is 13.8 Å².